The summed E-state index contributed by atoms with van der Waals surface area (Å²) in [5.74, 6) is 0.749. The summed E-state index contributed by atoms with van der Waals surface area (Å²) < 4.78 is 10.3. The molecule has 4 heteroatoms. The lowest BCUT2D eigenvalue weighted by Crippen LogP contribution is -2.10. The van der Waals surface area contributed by atoms with E-state index in [2.05, 4.69) is 6.07 Å². The second-order valence-corrected chi connectivity index (χ2v) is 3.70. The topological polar surface area (TPSA) is 62.5 Å². The van der Waals surface area contributed by atoms with Crippen LogP contribution in [0.4, 0.5) is 0 Å². The number of ether oxygens (including phenoxy) is 2. The highest BCUT2D eigenvalue weighted by Gasteiger charge is 2.20. The monoisotopic (exact) mass is 235 g/mol. The third-order valence-electron chi connectivity index (χ3n) is 2.74. The van der Waals surface area contributed by atoms with E-state index in [9.17, 15) is 5.11 Å². The van der Waals surface area contributed by atoms with Gasteiger partial charge in [0.2, 0.25) is 0 Å². The van der Waals surface area contributed by atoms with Crippen LogP contribution < -0.4 is 9.47 Å². The van der Waals surface area contributed by atoms with E-state index in [0.29, 0.717) is 23.5 Å². The Balaban J connectivity index is 3.03. The number of aliphatic hydroxyl groups excluding tert-OH is 1. The summed E-state index contributed by atoms with van der Waals surface area (Å²) in [6.45, 7) is 1.87. The molecule has 0 aromatic heterocycles. The molecule has 0 bridgehead atoms. The Hall–Kier alpha value is -1.73. The van der Waals surface area contributed by atoms with Gasteiger partial charge in [0.15, 0.2) is 11.5 Å². The molecule has 92 valence electrons. The lowest BCUT2D eigenvalue weighted by Gasteiger charge is -2.17. The van der Waals surface area contributed by atoms with Crippen molar-refractivity contribution in [2.24, 2.45) is 5.92 Å². The maximum absolute atomic E-state index is 10.0. The van der Waals surface area contributed by atoms with Crippen molar-refractivity contribution in [1.82, 2.24) is 0 Å². The van der Waals surface area contributed by atoms with Gasteiger partial charge in [0.1, 0.15) is 0 Å². The first-order chi connectivity index (χ1) is 8.17. The summed E-state index contributed by atoms with van der Waals surface area (Å²) in [6, 6.07) is 7.26. The Bertz CT molecular complexity index is 412. The van der Waals surface area contributed by atoms with Crippen molar-refractivity contribution in [2.75, 3.05) is 14.2 Å². The minimum atomic E-state index is -0.801. The molecule has 0 radical (unpaired) electrons. The van der Waals surface area contributed by atoms with E-state index >= 15 is 0 Å². The van der Waals surface area contributed by atoms with Crippen molar-refractivity contribution >= 4 is 0 Å². The predicted octanol–water partition coefficient (Wildman–Crippen LogP) is 2.29. The molecule has 1 rings (SSSR count). The van der Waals surface area contributed by atoms with Crippen LogP contribution in [0.2, 0.25) is 0 Å². The Kier molecular flexibility index (Phi) is 4.80. The molecule has 0 aliphatic carbocycles. The summed E-state index contributed by atoms with van der Waals surface area (Å²) >= 11 is 0. The summed E-state index contributed by atoms with van der Waals surface area (Å²) in [5.41, 5.74) is 0.663. The number of hydrogen-bond acceptors (Lipinski definition) is 4. The maximum Gasteiger partial charge on any atom is 0.161 e. The third kappa shape index (κ3) is 2.89. The Morgan fingerprint density at radius 1 is 1.29 bits per heavy atom. The van der Waals surface area contributed by atoms with Gasteiger partial charge in [-0.15, -0.1) is 0 Å². The van der Waals surface area contributed by atoms with Crippen LogP contribution in [-0.4, -0.2) is 19.3 Å². The van der Waals surface area contributed by atoms with E-state index in [1.54, 1.807) is 25.3 Å². The fraction of sp³-hybridized carbons (Fsp3) is 0.462. The SMILES string of the molecule is CCC(C#N)C(O)c1ccc(OC)c(OC)c1. The van der Waals surface area contributed by atoms with Gasteiger partial charge in [0.25, 0.3) is 0 Å². The molecule has 0 spiro atoms. The molecule has 1 aromatic carbocycles. The smallest absolute Gasteiger partial charge is 0.161 e. The van der Waals surface area contributed by atoms with Crippen molar-refractivity contribution in [3.8, 4) is 17.6 Å². The van der Waals surface area contributed by atoms with E-state index in [1.807, 2.05) is 6.92 Å². The van der Waals surface area contributed by atoms with Crippen LogP contribution >= 0.6 is 0 Å². The van der Waals surface area contributed by atoms with E-state index in [4.69, 9.17) is 14.7 Å². The first-order valence-electron chi connectivity index (χ1n) is 5.47. The molecule has 2 atom stereocenters. The van der Waals surface area contributed by atoms with E-state index in [-0.39, 0.29) is 0 Å². The van der Waals surface area contributed by atoms with Crippen molar-refractivity contribution in [1.29, 1.82) is 5.26 Å². The molecule has 0 aliphatic rings. The molecule has 17 heavy (non-hydrogen) atoms. The number of nitriles is 1. The number of methoxy groups -OCH3 is 2. The molecule has 0 heterocycles. The largest absolute Gasteiger partial charge is 0.493 e. The molecule has 0 saturated carbocycles. The molecular weight excluding hydrogens is 218 g/mol. The molecule has 2 unspecified atom stereocenters. The maximum atomic E-state index is 10.0. The van der Waals surface area contributed by atoms with Crippen LogP contribution in [0.1, 0.15) is 25.0 Å². The van der Waals surface area contributed by atoms with E-state index < -0.39 is 12.0 Å². The van der Waals surface area contributed by atoms with Crippen molar-refractivity contribution < 1.29 is 14.6 Å². The van der Waals surface area contributed by atoms with Crippen LogP contribution in [0, 0.1) is 17.2 Å². The first-order valence-corrected chi connectivity index (χ1v) is 5.47. The normalized spacial score (nSPS) is 13.6. The average Bonchev–Trinajstić information content (AvgIpc) is 2.39. The van der Waals surface area contributed by atoms with Gasteiger partial charge in [0, 0.05) is 0 Å². The average molecular weight is 235 g/mol. The van der Waals surface area contributed by atoms with Gasteiger partial charge >= 0.3 is 0 Å². The zero-order valence-corrected chi connectivity index (χ0v) is 10.3. The quantitative estimate of drug-likeness (QED) is 0.850. The Labute approximate surface area is 101 Å². The number of benzene rings is 1. The minimum Gasteiger partial charge on any atom is -0.493 e. The lowest BCUT2D eigenvalue weighted by molar-refractivity contribution is 0.132. The summed E-state index contributed by atoms with van der Waals surface area (Å²) in [4.78, 5) is 0. The van der Waals surface area contributed by atoms with Crippen LogP contribution in [0.15, 0.2) is 18.2 Å². The van der Waals surface area contributed by atoms with Gasteiger partial charge < -0.3 is 14.6 Å². The second-order valence-electron chi connectivity index (χ2n) is 3.70. The zero-order valence-electron chi connectivity index (χ0n) is 10.3. The van der Waals surface area contributed by atoms with Crippen LogP contribution in [0.5, 0.6) is 11.5 Å². The molecule has 0 aliphatic heterocycles. The molecule has 0 amide bonds. The third-order valence-corrected chi connectivity index (χ3v) is 2.74. The van der Waals surface area contributed by atoms with Crippen LogP contribution in [0.25, 0.3) is 0 Å². The number of aliphatic hydroxyl groups is 1. The summed E-state index contributed by atoms with van der Waals surface area (Å²) in [6.07, 6.45) is -0.198. The highest BCUT2D eigenvalue weighted by molar-refractivity contribution is 5.43. The highest BCUT2D eigenvalue weighted by Crippen LogP contribution is 2.32. The first kappa shape index (κ1) is 13.3. The summed E-state index contributed by atoms with van der Waals surface area (Å²) in [5, 5.41) is 19.0. The van der Waals surface area contributed by atoms with Gasteiger partial charge in [0.05, 0.1) is 32.3 Å². The predicted molar refractivity (Wildman–Crippen MR) is 63.9 cm³/mol. The van der Waals surface area contributed by atoms with Gasteiger partial charge in [-0.25, -0.2) is 0 Å². The van der Waals surface area contributed by atoms with Crippen molar-refractivity contribution in [2.45, 2.75) is 19.4 Å². The zero-order chi connectivity index (χ0) is 12.8. The highest BCUT2D eigenvalue weighted by atomic mass is 16.5. The molecule has 1 aromatic rings. The van der Waals surface area contributed by atoms with Gasteiger partial charge in [-0.3, -0.25) is 0 Å². The summed E-state index contributed by atoms with van der Waals surface area (Å²) in [7, 11) is 3.09. The van der Waals surface area contributed by atoms with E-state index in [0.717, 1.165) is 0 Å². The van der Waals surface area contributed by atoms with Crippen molar-refractivity contribution in [3.05, 3.63) is 23.8 Å². The van der Waals surface area contributed by atoms with E-state index in [1.165, 1.54) is 7.11 Å². The van der Waals surface area contributed by atoms with Gasteiger partial charge in [-0.2, -0.15) is 5.26 Å². The fourth-order valence-electron chi connectivity index (χ4n) is 1.65. The van der Waals surface area contributed by atoms with Gasteiger partial charge in [-0.05, 0) is 24.1 Å². The standard InChI is InChI=1S/C13H17NO3/c1-4-9(8-14)13(15)10-5-6-11(16-2)12(7-10)17-3/h5-7,9,13,15H,4H2,1-3H3. The molecule has 0 saturated heterocycles. The Morgan fingerprint density at radius 2 is 1.94 bits per heavy atom. The molecular formula is C13H17NO3. The minimum absolute atomic E-state index is 0.409. The molecule has 4 nitrogen and oxygen atoms in total. The molecule has 0 fully saturated rings. The Morgan fingerprint density at radius 3 is 2.41 bits per heavy atom. The van der Waals surface area contributed by atoms with Crippen LogP contribution in [-0.2, 0) is 0 Å². The van der Waals surface area contributed by atoms with Crippen LogP contribution in [0.3, 0.4) is 0 Å². The van der Waals surface area contributed by atoms with Gasteiger partial charge in [-0.1, -0.05) is 13.0 Å². The number of rotatable bonds is 5. The number of nitrogens with zero attached hydrogens (tertiary/aromatic N) is 1. The molecule has 1 N–H and O–H groups in total. The second kappa shape index (κ2) is 6.12. The number of hydrogen-bond donors (Lipinski definition) is 1. The lowest BCUT2D eigenvalue weighted by atomic mass is 9.94. The van der Waals surface area contributed by atoms with Crippen molar-refractivity contribution in [3.63, 3.8) is 0 Å². The fourth-order valence-corrected chi connectivity index (χ4v) is 1.65.